The first-order valence-electron chi connectivity index (χ1n) is 3.36. The Morgan fingerprint density at radius 2 is 2.17 bits per heavy atom. The van der Waals surface area contributed by atoms with Crippen molar-refractivity contribution in [3.8, 4) is 11.5 Å². The first kappa shape index (κ1) is 9.76. The molecule has 0 aliphatic carbocycles. The van der Waals surface area contributed by atoms with Crippen LogP contribution in [-0.4, -0.2) is 42.4 Å². The minimum atomic E-state index is -0.143. The van der Waals surface area contributed by atoms with E-state index < -0.39 is 0 Å². The van der Waals surface area contributed by atoms with Gasteiger partial charge in [-0.25, -0.2) is 0 Å². The van der Waals surface area contributed by atoms with Crippen LogP contribution in [0.1, 0.15) is 5.56 Å². The predicted molar refractivity (Wildman–Crippen MR) is 46.0 cm³/mol. The summed E-state index contributed by atoms with van der Waals surface area (Å²) in [6, 6.07) is 3.26. The van der Waals surface area contributed by atoms with Gasteiger partial charge in [-0.05, 0) is 0 Å². The molecule has 1 aromatic rings. The van der Waals surface area contributed by atoms with Crippen LogP contribution >= 0.6 is 0 Å². The van der Waals surface area contributed by atoms with Crippen LogP contribution in [0, 0.1) is 0 Å². The van der Waals surface area contributed by atoms with Crippen LogP contribution in [0.2, 0.25) is 0 Å². The zero-order valence-corrected chi connectivity index (χ0v) is 9.75. The van der Waals surface area contributed by atoms with Crippen molar-refractivity contribution >= 4 is 28.3 Å². The van der Waals surface area contributed by atoms with Crippen LogP contribution in [0.5, 0.6) is 11.5 Å². The van der Waals surface area contributed by atoms with E-state index in [1.807, 2.05) is 0 Å². The van der Waals surface area contributed by atoms with Gasteiger partial charge in [-0.15, -0.1) is 0 Å². The van der Waals surface area contributed by atoms with E-state index in [1.165, 1.54) is 31.1 Å². The molecule has 0 bridgehead atoms. The number of methoxy groups -OCH3 is 1. The number of aliphatic hydroxyl groups is 1. The Morgan fingerprint density at radius 1 is 1.50 bits per heavy atom. The molecule has 65 valence electrons. The van der Waals surface area contributed by atoms with Crippen molar-refractivity contribution < 1.29 is 14.9 Å². The standard InChI is InChI=1S/C8H9O3.Po/c1-11-7-3-2-6(5-9)8(10)4-7;/h2,4,9-10H,5H2,1H3;. The van der Waals surface area contributed by atoms with Gasteiger partial charge in [-0.2, -0.15) is 0 Å². The van der Waals surface area contributed by atoms with Crippen LogP contribution in [-0.2, 0) is 6.61 Å². The fourth-order valence-electron chi connectivity index (χ4n) is 0.877. The molecule has 0 aliphatic rings. The Bertz CT molecular complexity index is 256. The molecule has 0 saturated heterocycles. The number of aromatic hydroxyl groups is 1. The minimum absolute atomic E-state index is 0.0827. The second-order valence-corrected chi connectivity index (χ2v) is 4.00. The molecule has 0 aliphatic heterocycles. The number of benzene rings is 1. The molecular formula is C8H9O3Po. The quantitative estimate of drug-likeness (QED) is 0.759. The average molecular weight is 362 g/mol. The summed E-state index contributed by atoms with van der Waals surface area (Å²) >= 11 is 1.25. The van der Waals surface area contributed by atoms with Gasteiger partial charge < -0.3 is 0 Å². The van der Waals surface area contributed by atoms with E-state index in [4.69, 9.17) is 9.84 Å². The number of hydrogen-bond acceptors (Lipinski definition) is 3. The second kappa shape index (κ2) is 4.07. The van der Waals surface area contributed by atoms with Crippen molar-refractivity contribution in [3.63, 3.8) is 0 Å². The summed E-state index contributed by atoms with van der Waals surface area (Å²) < 4.78 is 5.99. The molecule has 1 aromatic carbocycles. The topological polar surface area (TPSA) is 49.7 Å². The van der Waals surface area contributed by atoms with Gasteiger partial charge in [0.1, 0.15) is 0 Å². The summed E-state index contributed by atoms with van der Waals surface area (Å²) in [7, 11) is 1.56. The van der Waals surface area contributed by atoms with Crippen molar-refractivity contribution in [1.82, 2.24) is 0 Å². The molecule has 0 unspecified atom stereocenters. The van der Waals surface area contributed by atoms with Crippen LogP contribution in [0.15, 0.2) is 12.1 Å². The van der Waals surface area contributed by atoms with Gasteiger partial charge in [-0.1, -0.05) is 0 Å². The number of aliphatic hydroxyl groups excluding tert-OH is 1. The Balaban J connectivity index is 3.16. The van der Waals surface area contributed by atoms with Crippen LogP contribution in [0.25, 0.3) is 0 Å². The zero-order valence-electron chi connectivity index (χ0n) is 6.57. The van der Waals surface area contributed by atoms with Gasteiger partial charge in [0, 0.05) is 0 Å². The van der Waals surface area contributed by atoms with Crippen molar-refractivity contribution in [2.24, 2.45) is 0 Å². The molecule has 2 N–H and O–H groups in total. The molecule has 0 saturated carbocycles. The van der Waals surface area contributed by atoms with E-state index in [2.05, 4.69) is 0 Å². The maximum atomic E-state index is 9.32. The molecule has 0 amide bonds. The molecular weight excluding hydrogens is 353 g/mol. The third kappa shape index (κ3) is 1.88. The summed E-state index contributed by atoms with van der Waals surface area (Å²) in [5.74, 6) is 0.749. The normalized spacial score (nSPS) is 9.83. The summed E-state index contributed by atoms with van der Waals surface area (Å²) in [5.41, 5.74) is 0.542. The third-order valence-corrected chi connectivity index (χ3v) is 2.78. The molecule has 1 radical (unpaired) electrons. The van der Waals surface area contributed by atoms with E-state index in [0.717, 1.165) is 3.22 Å². The molecule has 1 rings (SSSR count). The van der Waals surface area contributed by atoms with E-state index in [9.17, 15) is 5.11 Å². The van der Waals surface area contributed by atoms with Crippen molar-refractivity contribution in [1.29, 1.82) is 0 Å². The zero-order chi connectivity index (χ0) is 9.14. The van der Waals surface area contributed by atoms with Gasteiger partial charge in [0.15, 0.2) is 0 Å². The fourth-order valence-corrected chi connectivity index (χ4v) is 1.98. The first-order chi connectivity index (χ1) is 5.69. The Morgan fingerprint density at radius 3 is 2.67 bits per heavy atom. The van der Waals surface area contributed by atoms with Gasteiger partial charge in [-0.3, -0.25) is 0 Å². The Kier molecular flexibility index (Phi) is 3.31. The number of hydrogen-bond donors (Lipinski definition) is 2. The Labute approximate surface area is 86.1 Å². The molecule has 0 spiro atoms. The first-order valence-corrected chi connectivity index (χ1v) is 4.95. The molecule has 0 heterocycles. The third-order valence-electron chi connectivity index (χ3n) is 1.54. The van der Waals surface area contributed by atoms with E-state index in [0.29, 0.717) is 11.3 Å². The van der Waals surface area contributed by atoms with Crippen LogP contribution in [0.4, 0.5) is 0 Å². The SMILES string of the molecule is COc1cc(O)c(CO)c[c]1[Po]. The summed E-state index contributed by atoms with van der Waals surface area (Å²) in [6.45, 7) is -0.143. The monoisotopic (exact) mass is 362 g/mol. The molecule has 0 aromatic heterocycles. The van der Waals surface area contributed by atoms with Crippen LogP contribution in [0.3, 0.4) is 0 Å². The van der Waals surface area contributed by atoms with Gasteiger partial charge in [0.25, 0.3) is 0 Å². The summed E-state index contributed by atoms with van der Waals surface area (Å²) in [5, 5.41) is 18.1. The average Bonchev–Trinajstić information content (AvgIpc) is 2.08. The van der Waals surface area contributed by atoms with Crippen molar-refractivity contribution in [3.05, 3.63) is 17.7 Å². The number of rotatable bonds is 2. The van der Waals surface area contributed by atoms with E-state index >= 15 is 0 Å². The molecule has 3 nitrogen and oxygen atoms in total. The van der Waals surface area contributed by atoms with Crippen molar-refractivity contribution in [2.45, 2.75) is 6.61 Å². The number of ether oxygens (including phenoxy) is 1. The van der Waals surface area contributed by atoms with Gasteiger partial charge in [0.05, 0.1) is 0 Å². The molecule has 0 atom stereocenters. The Hall–Kier alpha value is -0.324. The fraction of sp³-hybridized carbons (Fsp3) is 0.250. The van der Waals surface area contributed by atoms with Gasteiger partial charge in [0.2, 0.25) is 0 Å². The molecule has 12 heavy (non-hydrogen) atoms. The van der Waals surface area contributed by atoms with Crippen molar-refractivity contribution in [2.75, 3.05) is 7.11 Å². The number of phenols is 1. The second-order valence-electron chi connectivity index (χ2n) is 2.29. The van der Waals surface area contributed by atoms with E-state index in [-0.39, 0.29) is 12.4 Å². The molecule has 0 fully saturated rings. The van der Waals surface area contributed by atoms with Gasteiger partial charge >= 0.3 is 86.2 Å². The summed E-state index contributed by atoms with van der Waals surface area (Å²) in [4.78, 5) is 0. The predicted octanol–water partition coefficient (Wildman–Crippen LogP) is -0.313. The maximum absolute atomic E-state index is 9.32. The van der Waals surface area contributed by atoms with E-state index in [1.54, 1.807) is 13.2 Å². The summed E-state index contributed by atoms with van der Waals surface area (Å²) in [6.07, 6.45) is 0. The molecule has 4 heteroatoms. The van der Waals surface area contributed by atoms with Crippen LogP contribution < -0.4 is 7.96 Å².